The Bertz CT molecular complexity index is 2100. The normalized spacial score (nSPS) is 23.8. The molecule has 0 spiro atoms. The van der Waals surface area contributed by atoms with Crippen molar-refractivity contribution in [2.45, 2.75) is 142 Å². The van der Waals surface area contributed by atoms with Crippen LogP contribution in [0.1, 0.15) is 92.7 Å². The topological polar surface area (TPSA) is 207 Å². The first-order valence-electron chi connectivity index (χ1n) is 18.9. The summed E-state index contributed by atoms with van der Waals surface area (Å²) in [6.07, 6.45) is 0.607. The lowest BCUT2D eigenvalue weighted by atomic mass is 9.97. The molecule has 2 fully saturated rings. The highest BCUT2D eigenvalue weighted by molar-refractivity contribution is 7.41. The highest BCUT2D eigenvalue weighted by Crippen LogP contribution is 2.52. The van der Waals surface area contributed by atoms with Gasteiger partial charge in [0.2, 0.25) is 18.4 Å². The van der Waals surface area contributed by atoms with E-state index in [0.717, 1.165) is 0 Å². The van der Waals surface area contributed by atoms with Crippen LogP contribution in [0.15, 0.2) is 26.9 Å². The number of imidazole rings is 1. The van der Waals surface area contributed by atoms with E-state index in [1.807, 2.05) is 20.8 Å². The molecule has 0 radical (unpaired) electrons. The number of nitrogens with one attached hydrogen (secondary N) is 3. The third-order valence-electron chi connectivity index (χ3n) is 10.5. The number of amides is 1. The Morgan fingerprint density at radius 3 is 2.41 bits per heavy atom. The second-order valence-electron chi connectivity index (χ2n) is 16.6. The molecule has 3 N–H and O–H groups in total. The summed E-state index contributed by atoms with van der Waals surface area (Å²) in [7, 11) is -4.50. The number of hydrogen-bond acceptors (Lipinski definition) is 12. The van der Waals surface area contributed by atoms with E-state index in [0.29, 0.717) is 24.8 Å². The number of aromatic amines is 2. The number of fused-ring (bicyclic) bond motifs is 1. The van der Waals surface area contributed by atoms with E-state index in [2.05, 4.69) is 64.0 Å². The third-order valence-corrected chi connectivity index (χ3v) is 16.5. The molecule has 5 heterocycles. The molecular formula is C36H55N8O10PSi. The van der Waals surface area contributed by atoms with Crippen LogP contribution in [-0.2, 0) is 32.3 Å². The molecule has 0 aromatic carbocycles. The molecular weight excluding hydrogens is 764 g/mol. The van der Waals surface area contributed by atoms with Crippen LogP contribution in [0.3, 0.4) is 0 Å². The molecule has 5 rings (SSSR count). The van der Waals surface area contributed by atoms with Crippen LogP contribution in [0.25, 0.3) is 16.0 Å². The van der Waals surface area contributed by atoms with Gasteiger partial charge in [0, 0.05) is 30.5 Å². The second-order valence-corrected chi connectivity index (χ2v) is 22.4. The monoisotopic (exact) mass is 818 g/mol. The van der Waals surface area contributed by atoms with Gasteiger partial charge in [0.05, 0.1) is 24.6 Å². The van der Waals surface area contributed by atoms with Crippen LogP contribution < -0.4 is 22.1 Å². The number of H-pyrrole nitrogens is 2. The molecule has 0 aliphatic carbocycles. The number of carbonyl (C=O) groups is 1. The van der Waals surface area contributed by atoms with Crippen LogP contribution in [-0.4, -0.2) is 86.5 Å². The van der Waals surface area contributed by atoms with Gasteiger partial charge in [-0.1, -0.05) is 41.5 Å². The van der Waals surface area contributed by atoms with Gasteiger partial charge in [0.1, 0.15) is 30.8 Å². The number of ether oxygens (including phenoxy) is 2. The molecule has 20 heteroatoms. The Balaban J connectivity index is 1.41. The summed E-state index contributed by atoms with van der Waals surface area (Å²) in [5, 5.41) is 2.50. The zero-order valence-electron chi connectivity index (χ0n) is 34.0. The first kappa shape index (κ1) is 43.5. The standard InChI is InChI=1S/C36H55N8O10PSi/c1-13-22-23(16-26(50-22)44-19-38-27-29(44)39-33(41-32(27)47)40-30(45)20(2)3)52-55(49-15-14-37-10)54-36(8,9)28-24(53-56(11,12)35(5,6)7)17-25(51-28)43-18-21(4)31(46)42-34(43)48/h18-20,22-26,28H,13-17H2,1-9,11-12H3,(H,42,46,48)(H2,39,40,41,45,47)/t22-,23-,24-,25-,26-,28+,55?/m1/s1. The first-order valence-corrected chi connectivity index (χ1v) is 22.9. The van der Waals surface area contributed by atoms with E-state index in [-0.39, 0.29) is 47.1 Å². The van der Waals surface area contributed by atoms with Gasteiger partial charge in [-0.2, -0.15) is 4.98 Å². The predicted molar refractivity (Wildman–Crippen MR) is 211 cm³/mol. The maximum Gasteiger partial charge on any atom is 0.333 e. The predicted octanol–water partition coefficient (Wildman–Crippen LogP) is 5.29. The van der Waals surface area contributed by atoms with Gasteiger partial charge in [-0.15, -0.1) is 0 Å². The van der Waals surface area contributed by atoms with E-state index in [9.17, 15) is 19.2 Å². The minimum atomic E-state index is -2.38. The van der Waals surface area contributed by atoms with Crippen molar-refractivity contribution in [1.82, 2.24) is 29.1 Å². The van der Waals surface area contributed by atoms with Gasteiger partial charge in [-0.3, -0.25) is 38.8 Å². The largest absolute Gasteiger partial charge is 0.411 e. The number of aryl methyl sites for hydroxylation is 1. The molecule has 3 aromatic rings. The Kier molecular flexibility index (Phi) is 13.3. The van der Waals surface area contributed by atoms with Gasteiger partial charge in [-0.25, -0.2) is 16.4 Å². The highest BCUT2D eigenvalue weighted by atomic mass is 31.2. The summed E-state index contributed by atoms with van der Waals surface area (Å²) >= 11 is 0. The SMILES string of the molecule is [C-]#[N+]CCOP(O[C@@H]1C[C@H](n2cnc3c(=O)[nH]c(NC(=O)C(C)C)nc32)O[C@@H]1CC)OC(C)(C)[C@H]1O[C@@H](n2cc(C)c(=O)[nH]c2=O)C[C@H]1O[Si](C)(C)C(C)(C)C. The van der Waals surface area contributed by atoms with Crippen molar-refractivity contribution in [3.05, 3.63) is 60.7 Å². The molecule has 3 aromatic heterocycles. The Labute approximate surface area is 327 Å². The van der Waals surface area contributed by atoms with Crippen LogP contribution in [0.5, 0.6) is 0 Å². The molecule has 2 aliphatic heterocycles. The van der Waals surface area contributed by atoms with Gasteiger partial charge in [0.15, 0.2) is 19.5 Å². The fourth-order valence-electron chi connectivity index (χ4n) is 6.29. The number of anilines is 1. The quantitative estimate of drug-likeness (QED) is 0.0774. The van der Waals surface area contributed by atoms with Gasteiger partial charge < -0.3 is 32.3 Å². The van der Waals surface area contributed by atoms with E-state index in [4.69, 9.17) is 34.0 Å². The van der Waals surface area contributed by atoms with Crippen LogP contribution >= 0.6 is 8.60 Å². The van der Waals surface area contributed by atoms with E-state index in [1.54, 1.807) is 25.3 Å². The summed E-state index contributed by atoms with van der Waals surface area (Å²) in [6, 6.07) is 0. The minimum absolute atomic E-state index is 0.000850. The maximum atomic E-state index is 13.0. The van der Waals surface area contributed by atoms with E-state index in [1.165, 1.54) is 17.1 Å². The number of hydrogen-bond donors (Lipinski definition) is 3. The summed E-state index contributed by atoms with van der Waals surface area (Å²) in [5.41, 5.74) is -1.99. The molecule has 56 heavy (non-hydrogen) atoms. The van der Waals surface area contributed by atoms with Gasteiger partial charge in [0.25, 0.3) is 11.1 Å². The van der Waals surface area contributed by atoms with Crippen LogP contribution in [0.4, 0.5) is 5.95 Å². The zero-order chi connectivity index (χ0) is 41.3. The van der Waals surface area contributed by atoms with E-state index < -0.39 is 76.2 Å². The molecule has 0 saturated carbocycles. The van der Waals surface area contributed by atoms with Crippen molar-refractivity contribution in [2.24, 2.45) is 5.92 Å². The molecule has 308 valence electrons. The average molecular weight is 819 g/mol. The fourth-order valence-corrected chi connectivity index (χ4v) is 8.93. The van der Waals surface area contributed by atoms with Crippen molar-refractivity contribution in [3.63, 3.8) is 0 Å². The Hall–Kier alpha value is -3.60. The van der Waals surface area contributed by atoms with Crippen LogP contribution in [0.2, 0.25) is 18.1 Å². The third kappa shape index (κ3) is 9.56. The van der Waals surface area contributed by atoms with Crippen molar-refractivity contribution in [1.29, 1.82) is 0 Å². The fraction of sp³-hybridized carbons (Fsp3) is 0.694. The lowest BCUT2D eigenvalue weighted by Crippen LogP contribution is -2.51. The van der Waals surface area contributed by atoms with Crippen molar-refractivity contribution < 1.29 is 32.3 Å². The average Bonchev–Trinajstić information content (AvgIpc) is 3.83. The summed E-state index contributed by atoms with van der Waals surface area (Å²) in [6.45, 7) is 28.9. The zero-order valence-corrected chi connectivity index (χ0v) is 35.9. The maximum absolute atomic E-state index is 13.0. The van der Waals surface area contributed by atoms with Gasteiger partial charge >= 0.3 is 14.3 Å². The number of nitrogens with zero attached hydrogens (tertiary/aromatic N) is 5. The minimum Gasteiger partial charge on any atom is -0.411 e. The molecule has 18 nitrogen and oxygen atoms in total. The lowest BCUT2D eigenvalue weighted by Gasteiger charge is -2.42. The number of rotatable bonds is 15. The summed E-state index contributed by atoms with van der Waals surface area (Å²) in [5.74, 6) is -0.634. The van der Waals surface area contributed by atoms with Crippen LogP contribution in [0, 0.1) is 19.4 Å². The van der Waals surface area contributed by atoms with Crippen molar-refractivity contribution in [2.75, 3.05) is 18.5 Å². The number of carbonyl (C=O) groups excluding carboxylic acids is 1. The Morgan fingerprint density at radius 2 is 1.77 bits per heavy atom. The highest BCUT2D eigenvalue weighted by Gasteiger charge is 2.52. The first-order chi connectivity index (χ1) is 26.1. The van der Waals surface area contributed by atoms with E-state index >= 15 is 0 Å². The molecule has 1 unspecified atom stereocenters. The molecule has 2 aliphatic rings. The summed E-state index contributed by atoms with van der Waals surface area (Å²) in [4.78, 5) is 67.6. The van der Waals surface area contributed by atoms with Crippen molar-refractivity contribution in [3.8, 4) is 0 Å². The molecule has 7 atom stereocenters. The number of aromatic nitrogens is 6. The Morgan fingerprint density at radius 1 is 1.09 bits per heavy atom. The second kappa shape index (κ2) is 17.1. The van der Waals surface area contributed by atoms with Crippen molar-refractivity contribution >= 4 is 39.9 Å². The summed E-state index contributed by atoms with van der Waals surface area (Å²) < 4.78 is 42.5. The smallest absolute Gasteiger partial charge is 0.333 e. The lowest BCUT2D eigenvalue weighted by molar-refractivity contribution is -0.119. The molecule has 2 saturated heterocycles. The molecule has 0 bridgehead atoms. The van der Waals surface area contributed by atoms with Gasteiger partial charge in [-0.05, 0) is 45.3 Å². The molecule has 1 amide bonds.